The maximum absolute atomic E-state index is 10.9. The molecule has 0 saturated carbocycles. The van der Waals surface area contributed by atoms with Gasteiger partial charge in [-0.2, -0.15) is 0 Å². The number of hydrogen-bond donors (Lipinski definition) is 0. The molecule has 0 amide bonds. The van der Waals surface area contributed by atoms with E-state index in [-0.39, 0.29) is 0 Å². The Morgan fingerprint density at radius 2 is 2.09 bits per heavy atom. The van der Waals surface area contributed by atoms with Crippen molar-refractivity contribution < 1.29 is 4.79 Å². The predicted molar refractivity (Wildman–Crippen MR) is 45.2 cm³/mol. The molecule has 0 aromatic heterocycles. The molecule has 0 unspecified atom stereocenters. The van der Waals surface area contributed by atoms with Crippen LogP contribution in [0, 0.1) is 0 Å². The van der Waals surface area contributed by atoms with Crippen LogP contribution in [0.3, 0.4) is 0 Å². The number of likely N-dealkylation sites (tertiary alicyclic amines) is 1. The van der Waals surface area contributed by atoms with Crippen LogP contribution >= 0.6 is 0 Å². The van der Waals surface area contributed by atoms with Gasteiger partial charge in [0.2, 0.25) is 0 Å². The van der Waals surface area contributed by atoms with Gasteiger partial charge in [-0.05, 0) is 6.42 Å². The third-order valence-corrected chi connectivity index (χ3v) is 2.18. The van der Waals surface area contributed by atoms with E-state index in [9.17, 15) is 4.79 Å². The van der Waals surface area contributed by atoms with Gasteiger partial charge in [-0.25, -0.2) is 0 Å². The van der Waals surface area contributed by atoms with Gasteiger partial charge in [0, 0.05) is 31.6 Å². The van der Waals surface area contributed by atoms with Crippen LogP contribution in [0.1, 0.15) is 26.2 Å². The van der Waals surface area contributed by atoms with Crippen molar-refractivity contribution in [2.24, 2.45) is 0 Å². The number of rotatable bonds is 2. The van der Waals surface area contributed by atoms with Gasteiger partial charge in [-0.3, -0.25) is 4.79 Å². The second-order valence-electron chi connectivity index (χ2n) is 2.95. The summed E-state index contributed by atoms with van der Waals surface area (Å²) in [4.78, 5) is 13.1. The molecule has 0 aromatic carbocycles. The first-order valence-corrected chi connectivity index (χ1v) is 4.18. The summed E-state index contributed by atoms with van der Waals surface area (Å²) < 4.78 is 0. The fraction of sp³-hybridized carbons (Fsp3) is 0.667. The molecule has 0 radical (unpaired) electrons. The van der Waals surface area contributed by atoms with Gasteiger partial charge in [-0.15, -0.1) is 0 Å². The van der Waals surface area contributed by atoms with Crippen molar-refractivity contribution in [1.29, 1.82) is 0 Å². The fourth-order valence-corrected chi connectivity index (χ4v) is 1.30. The van der Waals surface area contributed by atoms with E-state index < -0.39 is 0 Å². The standard InChI is InChI=1S/C9H15NO/c1-3-8(2)10-6-4-9(11)5-7-10/h2-7H2,1H3. The molecule has 1 rings (SSSR count). The highest BCUT2D eigenvalue weighted by Crippen LogP contribution is 2.12. The molecule has 0 bridgehead atoms. The molecule has 0 atom stereocenters. The molecule has 1 aliphatic rings. The minimum absolute atomic E-state index is 0.394. The maximum Gasteiger partial charge on any atom is 0.136 e. The third-order valence-electron chi connectivity index (χ3n) is 2.18. The molecule has 0 aromatic rings. The quantitative estimate of drug-likeness (QED) is 0.600. The van der Waals surface area contributed by atoms with E-state index in [0.717, 1.165) is 25.2 Å². The van der Waals surface area contributed by atoms with Gasteiger partial charge in [0.25, 0.3) is 0 Å². The van der Waals surface area contributed by atoms with Crippen molar-refractivity contribution in [1.82, 2.24) is 4.90 Å². The Bertz CT molecular complexity index is 164. The van der Waals surface area contributed by atoms with Gasteiger partial charge >= 0.3 is 0 Å². The van der Waals surface area contributed by atoms with Crippen molar-refractivity contribution in [3.05, 3.63) is 12.3 Å². The number of Topliss-reactive ketones (excluding diaryl/α,β-unsaturated/α-hetero) is 1. The summed E-state index contributed by atoms with van der Waals surface area (Å²) in [6.45, 7) is 7.79. The molecule has 1 aliphatic heterocycles. The normalized spacial score (nSPS) is 18.6. The topological polar surface area (TPSA) is 20.3 Å². The molecule has 1 heterocycles. The predicted octanol–water partition coefficient (Wildman–Crippen LogP) is 1.58. The van der Waals surface area contributed by atoms with Crippen LogP contribution in [0.4, 0.5) is 0 Å². The Kier molecular flexibility index (Phi) is 2.69. The van der Waals surface area contributed by atoms with Gasteiger partial charge in [0.15, 0.2) is 0 Å². The van der Waals surface area contributed by atoms with Gasteiger partial charge < -0.3 is 4.90 Å². The zero-order chi connectivity index (χ0) is 8.27. The average molecular weight is 153 g/mol. The fourth-order valence-electron chi connectivity index (χ4n) is 1.30. The van der Waals surface area contributed by atoms with Crippen LogP contribution in [0.2, 0.25) is 0 Å². The summed E-state index contributed by atoms with van der Waals surface area (Å²) in [7, 11) is 0. The highest BCUT2D eigenvalue weighted by Gasteiger charge is 2.15. The molecular weight excluding hydrogens is 138 g/mol. The van der Waals surface area contributed by atoms with Crippen LogP contribution in [-0.4, -0.2) is 23.8 Å². The molecule has 0 aliphatic carbocycles. The van der Waals surface area contributed by atoms with Crippen LogP contribution < -0.4 is 0 Å². The van der Waals surface area contributed by atoms with E-state index in [0.29, 0.717) is 18.6 Å². The van der Waals surface area contributed by atoms with E-state index in [4.69, 9.17) is 0 Å². The summed E-state index contributed by atoms with van der Waals surface area (Å²) >= 11 is 0. The smallest absolute Gasteiger partial charge is 0.136 e. The number of nitrogens with zero attached hydrogens (tertiary/aromatic N) is 1. The van der Waals surface area contributed by atoms with E-state index in [1.807, 2.05) is 0 Å². The number of carbonyl (C=O) groups is 1. The van der Waals surface area contributed by atoms with Crippen LogP contribution in [0.25, 0.3) is 0 Å². The lowest BCUT2D eigenvalue weighted by atomic mass is 10.1. The SMILES string of the molecule is C=C(CC)N1CCC(=O)CC1. The summed E-state index contributed by atoms with van der Waals surface area (Å²) in [6, 6.07) is 0. The number of hydrogen-bond acceptors (Lipinski definition) is 2. The average Bonchev–Trinajstić information content (AvgIpc) is 2.05. The lowest BCUT2D eigenvalue weighted by molar-refractivity contribution is -0.121. The zero-order valence-electron chi connectivity index (χ0n) is 7.10. The Morgan fingerprint density at radius 3 is 2.55 bits per heavy atom. The largest absolute Gasteiger partial charge is 0.374 e. The highest BCUT2D eigenvalue weighted by molar-refractivity contribution is 5.79. The molecule has 0 N–H and O–H groups in total. The Balaban J connectivity index is 2.39. The van der Waals surface area contributed by atoms with Gasteiger partial charge in [-0.1, -0.05) is 13.5 Å². The molecular formula is C9H15NO. The minimum Gasteiger partial charge on any atom is -0.374 e. The highest BCUT2D eigenvalue weighted by atomic mass is 16.1. The number of piperidine rings is 1. The lowest BCUT2D eigenvalue weighted by Crippen LogP contribution is -2.32. The Hall–Kier alpha value is -0.790. The molecule has 2 heteroatoms. The van der Waals surface area contributed by atoms with Crippen molar-refractivity contribution in [2.75, 3.05) is 13.1 Å². The molecule has 0 spiro atoms. The Morgan fingerprint density at radius 1 is 1.55 bits per heavy atom. The Labute approximate surface area is 67.9 Å². The summed E-state index contributed by atoms with van der Waals surface area (Å²) in [5.74, 6) is 0.394. The first-order valence-electron chi connectivity index (χ1n) is 4.18. The number of allylic oxidation sites excluding steroid dienone is 1. The lowest BCUT2D eigenvalue weighted by Gasteiger charge is -2.29. The summed E-state index contributed by atoms with van der Waals surface area (Å²) in [5, 5.41) is 0. The van der Waals surface area contributed by atoms with E-state index in [1.54, 1.807) is 0 Å². The van der Waals surface area contributed by atoms with E-state index in [2.05, 4.69) is 18.4 Å². The van der Waals surface area contributed by atoms with Gasteiger partial charge in [0.1, 0.15) is 5.78 Å². The second-order valence-corrected chi connectivity index (χ2v) is 2.95. The molecule has 11 heavy (non-hydrogen) atoms. The maximum atomic E-state index is 10.9. The first-order chi connectivity index (χ1) is 5.24. The zero-order valence-corrected chi connectivity index (χ0v) is 7.10. The molecule has 1 fully saturated rings. The van der Waals surface area contributed by atoms with Crippen molar-refractivity contribution in [3.8, 4) is 0 Å². The molecule has 1 saturated heterocycles. The second kappa shape index (κ2) is 3.56. The number of ketones is 1. The third kappa shape index (κ3) is 2.07. The van der Waals surface area contributed by atoms with E-state index in [1.165, 1.54) is 0 Å². The molecule has 2 nitrogen and oxygen atoms in total. The number of carbonyl (C=O) groups excluding carboxylic acids is 1. The minimum atomic E-state index is 0.394. The van der Waals surface area contributed by atoms with Crippen molar-refractivity contribution in [3.63, 3.8) is 0 Å². The molecule has 62 valence electrons. The van der Waals surface area contributed by atoms with Crippen LogP contribution in [0.15, 0.2) is 12.3 Å². The van der Waals surface area contributed by atoms with Gasteiger partial charge in [0.05, 0.1) is 0 Å². The monoisotopic (exact) mass is 153 g/mol. The van der Waals surface area contributed by atoms with Crippen molar-refractivity contribution in [2.45, 2.75) is 26.2 Å². The van der Waals surface area contributed by atoms with Crippen LogP contribution in [0.5, 0.6) is 0 Å². The van der Waals surface area contributed by atoms with Crippen LogP contribution in [-0.2, 0) is 4.79 Å². The first kappa shape index (κ1) is 8.31. The summed E-state index contributed by atoms with van der Waals surface area (Å²) in [5.41, 5.74) is 1.16. The van der Waals surface area contributed by atoms with Crippen molar-refractivity contribution >= 4 is 5.78 Å². The summed E-state index contributed by atoms with van der Waals surface area (Å²) in [6.07, 6.45) is 2.41. The van der Waals surface area contributed by atoms with E-state index >= 15 is 0 Å².